The molecule has 0 aromatic heterocycles. The molecule has 0 bridgehead atoms. The molecule has 1 aromatic rings. The van der Waals surface area contributed by atoms with Crippen LogP contribution in [0.1, 0.15) is 39.2 Å². The standard InChI is InChI=1S/C18H29N3O2/c1-18(2,3)23-17(22)20-14-19-16-9-11-21(12-10-16)13-15-7-5-4-6-8-15/h4-8,16,19H,9-14H2,1-3H3,(H,20,22). The molecule has 1 amide bonds. The molecular formula is C18H29N3O2. The molecule has 128 valence electrons. The zero-order valence-electron chi connectivity index (χ0n) is 14.5. The fourth-order valence-electron chi connectivity index (χ4n) is 2.72. The number of benzene rings is 1. The summed E-state index contributed by atoms with van der Waals surface area (Å²) in [5.41, 5.74) is 0.915. The van der Waals surface area contributed by atoms with Crippen molar-refractivity contribution < 1.29 is 9.53 Å². The van der Waals surface area contributed by atoms with E-state index in [1.165, 1.54) is 5.56 Å². The maximum atomic E-state index is 11.6. The van der Waals surface area contributed by atoms with E-state index in [1.54, 1.807) is 0 Å². The van der Waals surface area contributed by atoms with Crippen LogP contribution in [-0.2, 0) is 11.3 Å². The second kappa shape index (κ2) is 8.31. The topological polar surface area (TPSA) is 53.6 Å². The zero-order chi connectivity index (χ0) is 16.7. The maximum absolute atomic E-state index is 11.6. The summed E-state index contributed by atoms with van der Waals surface area (Å²) in [6.07, 6.45) is 1.83. The number of piperidine rings is 1. The molecule has 0 atom stereocenters. The summed E-state index contributed by atoms with van der Waals surface area (Å²) in [4.78, 5) is 14.1. The van der Waals surface area contributed by atoms with Crippen LogP contribution in [0.5, 0.6) is 0 Å². The molecule has 0 radical (unpaired) electrons. The van der Waals surface area contributed by atoms with Gasteiger partial charge in [0, 0.05) is 12.6 Å². The van der Waals surface area contributed by atoms with Crippen molar-refractivity contribution in [2.45, 2.75) is 51.8 Å². The number of nitrogens with zero attached hydrogens (tertiary/aromatic N) is 1. The van der Waals surface area contributed by atoms with Gasteiger partial charge < -0.3 is 10.1 Å². The molecule has 1 fully saturated rings. The van der Waals surface area contributed by atoms with Crippen LogP contribution in [0.4, 0.5) is 4.79 Å². The lowest BCUT2D eigenvalue weighted by molar-refractivity contribution is 0.0519. The lowest BCUT2D eigenvalue weighted by atomic mass is 10.0. The molecule has 1 aliphatic heterocycles. The number of carbonyl (C=O) groups is 1. The predicted octanol–water partition coefficient (Wildman–Crippen LogP) is 2.72. The van der Waals surface area contributed by atoms with Gasteiger partial charge in [-0.25, -0.2) is 4.79 Å². The van der Waals surface area contributed by atoms with Crippen LogP contribution >= 0.6 is 0 Å². The van der Waals surface area contributed by atoms with Gasteiger partial charge in [0.15, 0.2) is 0 Å². The van der Waals surface area contributed by atoms with Gasteiger partial charge in [-0.3, -0.25) is 10.2 Å². The number of amides is 1. The van der Waals surface area contributed by atoms with Crippen molar-refractivity contribution in [2.24, 2.45) is 0 Å². The van der Waals surface area contributed by atoms with Crippen LogP contribution < -0.4 is 10.6 Å². The molecule has 1 aliphatic rings. The van der Waals surface area contributed by atoms with Gasteiger partial charge in [-0.2, -0.15) is 0 Å². The molecule has 23 heavy (non-hydrogen) atoms. The number of hydrogen-bond donors (Lipinski definition) is 2. The number of hydrogen-bond acceptors (Lipinski definition) is 4. The van der Waals surface area contributed by atoms with Crippen molar-refractivity contribution in [3.63, 3.8) is 0 Å². The van der Waals surface area contributed by atoms with E-state index in [9.17, 15) is 4.79 Å². The fourth-order valence-corrected chi connectivity index (χ4v) is 2.72. The van der Waals surface area contributed by atoms with E-state index in [0.717, 1.165) is 32.5 Å². The lowest BCUT2D eigenvalue weighted by Crippen LogP contribution is -2.46. The van der Waals surface area contributed by atoms with E-state index in [1.807, 2.05) is 20.8 Å². The Labute approximate surface area is 139 Å². The molecule has 0 saturated carbocycles. The third kappa shape index (κ3) is 7.01. The van der Waals surface area contributed by atoms with E-state index >= 15 is 0 Å². The van der Waals surface area contributed by atoms with Crippen LogP contribution in [0.3, 0.4) is 0 Å². The van der Waals surface area contributed by atoms with Gasteiger partial charge >= 0.3 is 6.09 Å². The highest BCUT2D eigenvalue weighted by Gasteiger charge is 2.19. The van der Waals surface area contributed by atoms with Gasteiger partial charge in [-0.1, -0.05) is 30.3 Å². The van der Waals surface area contributed by atoms with Crippen molar-refractivity contribution >= 4 is 6.09 Å². The summed E-state index contributed by atoms with van der Waals surface area (Å²) in [7, 11) is 0. The Bertz CT molecular complexity index is 477. The number of nitrogens with one attached hydrogen (secondary N) is 2. The number of rotatable bonds is 5. The summed E-state index contributed by atoms with van der Waals surface area (Å²) >= 11 is 0. The van der Waals surface area contributed by atoms with Gasteiger partial charge in [0.05, 0.1) is 6.67 Å². The quantitative estimate of drug-likeness (QED) is 0.820. The Hall–Kier alpha value is -1.59. The van der Waals surface area contributed by atoms with Crippen molar-refractivity contribution in [2.75, 3.05) is 19.8 Å². The van der Waals surface area contributed by atoms with Crippen LogP contribution in [0.25, 0.3) is 0 Å². The summed E-state index contributed by atoms with van der Waals surface area (Å²) in [5.74, 6) is 0. The van der Waals surface area contributed by atoms with Crippen molar-refractivity contribution in [3.05, 3.63) is 35.9 Å². The van der Waals surface area contributed by atoms with Crippen LogP contribution in [-0.4, -0.2) is 42.4 Å². The van der Waals surface area contributed by atoms with E-state index in [4.69, 9.17) is 4.74 Å². The number of ether oxygens (including phenoxy) is 1. The van der Waals surface area contributed by atoms with Crippen LogP contribution in [0.15, 0.2) is 30.3 Å². The average Bonchev–Trinajstić information content (AvgIpc) is 2.48. The van der Waals surface area contributed by atoms with Crippen LogP contribution in [0.2, 0.25) is 0 Å². The summed E-state index contributed by atoms with van der Waals surface area (Å²) in [5, 5.41) is 6.14. The monoisotopic (exact) mass is 319 g/mol. The zero-order valence-corrected chi connectivity index (χ0v) is 14.5. The van der Waals surface area contributed by atoms with Crippen molar-refractivity contribution in [1.82, 2.24) is 15.5 Å². The SMILES string of the molecule is CC(C)(C)OC(=O)NCNC1CCN(Cc2ccccc2)CC1. The normalized spacial score (nSPS) is 17.0. The number of carbonyl (C=O) groups excluding carboxylic acids is 1. The predicted molar refractivity (Wildman–Crippen MR) is 92.1 cm³/mol. The molecule has 2 N–H and O–H groups in total. The van der Waals surface area contributed by atoms with Gasteiger partial charge in [-0.15, -0.1) is 0 Å². The Morgan fingerprint density at radius 3 is 2.48 bits per heavy atom. The minimum Gasteiger partial charge on any atom is -0.444 e. The second-order valence-electron chi connectivity index (χ2n) is 7.10. The van der Waals surface area contributed by atoms with E-state index < -0.39 is 5.60 Å². The molecule has 0 unspecified atom stereocenters. The van der Waals surface area contributed by atoms with Crippen LogP contribution in [0, 0.1) is 0 Å². The van der Waals surface area contributed by atoms with Crippen molar-refractivity contribution in [3.8, 4) is 0 Å². The summed E-state index contributed by atoms with van der Waals surface area (Å²) < 4.78 is 5.21. The highest BCUT2D eigenvalue weighted by atomic mass is 16.6. The first kappa shape index (κ1) is 17.8. The second-order valence-corrected chi connectivity index (χ2v) is 7.10. The van der Waals surface area contributed by atoms with Crippen molar-refractivity contribution in [1.29, 1.82) is 0 Å². The molecule has 1 heterocycles. The molecule has 1 aromatic carbocycles. The number of likely N-dealkylation sites (tertiary alicyclic amines) is 1. The molecule has 5 nitrogen and oxygen atoms in total. The highest BCUT2D eigenvalue weighted by molar-refractivity contribution is 5.67. The average molecular weight is 319 g/mol. The van der Waals surface area contributed by atoms with Gasteiger partial charge in [0.2, 0.25) is 0 Å². The van der Waals surface area contributed by atoms with Gasteiger partial charge in [0.25, 0.3) is 0 Å². The lowest BCUT2D eigenvalue weighted by Gasteiger charge is -2.32. The van der Waals surface area contributed by atoms with E-state index in [2.05, 4.69) is 45.9 Å². The Balaban J connectivity index is 1.61. The molecule has 2 rings (SSSR count). The Morgan fingerprint density at radius 2 is 1.87 bits per heavy atom. The number of alkyl carbamates (subject to hydrolysis) is 1. The highest BCUT2D eigenvalue weighted by Crippen LogP contribution is 2.13. The van der Waals surface area contributed by atoms with E-state index in [-0.39, 0.29) is 6.09 Å². The maximum Gasteiger partial charge on any atom is 0.408 e. The smallest absolute Gasteiger partial charge is 0.408 e. The summed E-state index contributed by atoms with van der Waals surface area (Å²) in [6.45, 7) is 9.23. The molecule has 1 saturated heterocycles. The largest absolute Gasteiger partial charge is 0.444 e. The Kier molecular flexibility index (Phi) is 6.42. The Morgan fingerprint density at radius 1 is 1.22 bits per heavy atom. The van der Waals surface area contributed by atoms with Gasteiger partial charge in [-0.05, 0) is 52.3 Å². The molecule has 5 heteroatoms. The first-order valence-corrected chi connectivity index (χ1v) is 8.39. The third-order valence-corrected chi connectivity index (χ3v) is 3.86. The van der Waals surface area contributed by atoms with E-state index in [0.29, 0.717) is 12.7 Å². The minimum atomic E-state index is -0.452. The molecule has 0 spiro atoms. The first-order chi connectivity index (χ1) is 10.9. The third-order valence-electron chi connectivity index (χ3n) is 3.86. The summed E-state index contributed by atoms with van der Waals surface area (Å²) in [6, 6.07) is 11.0. The molecule has 0 aliphatic carbocycles. The van der Waals surface area contributed by atoms with Gasteiger partial charge in [0.1, 0.15) is 5.60 Å². The minimum absolute atomic E-state index is 0.369. The first-order valence-electron chi connectivity index (χ1n) is 8.39. The fraction of sp³-hybridized carbons (Fsp3) is 0.611. The molecular weight excluding hydrogens is 290 g/mol.